The maximum absolute atomic E-state index is 11.0. The Labute approximate surface area is 86.9 Å². The standard InChI is InChI=1S/C9H21NO3S/c1-4-10-9(5-7-13-2)6-8-14(3,11)12/h9-10H,4-8H2,1-3H3. The summed E-state index contributed by atoms with van der Waals surface area (Å²) in [5, 5.41) is 3.25. The lowest BCUT2D eigenvalue weighted by Crippen LogP contribution is -2.31. The molecule has 86 valence electrons. The minimum Gasteiger partial charge on any atom is -0.385 e. The van der Waals surface area contributed by atoms with Crippen LogP contribution in [-0.2, 0) is 14.6 Å². The van der Waals surface area contributed by atoms with Gasteiger partial charge in [0.15, 0.2) is 0 Å². The van der Waals surface area contributed by atoms with Crippen LogP contribution in [0.3, 0.4) is 0 Å². The molecule has 0 aliphatic rings. The Balaban J connectivity index is 3.84. The molecule has 0 aliphatic heterocycles. The molecule has 1 atom stereocenters. The molecule has 0 bridgehead atoms. The van der Waals surface area contributed by atoms with Gasteiger partial charge in [0, 0.05) is 26.0 Å². The van der Waals surface area contributed by atoms with Crippen molar-refractivity contribution in [2.24, 2.45) is 0 Å². The lowest BCUT2D eigenvalue weighted by Gasteiger charge is -2.16. The highest BCUT2D eigenvalue weighted by Crippen LogP contribution is 2.01. The van der Waals surface area contributed by atoms with E-state index in [1.807, 2.05) is 6.92 Å². The van der Waals surface area contributed by atoms with Crippen molar-refractivity contribution in [2.75, 3.05) is 32.3 Å². The molecule has 5 heteroatoms. The predicted octanol–water partition coefficient (Wildman–Crippen LogP) is 0.436. The summed E-state index contributed by atoms with van der Waals surface area (Å²) in [4.78, 5) is 0. The van der Waals surface area contributed by atoms with Gasteiger partial charge in [-0.15, -0.1) is 0 Å². The molecule has 0 spiro atoms. The van der Waals surface area contributed by atoms with Gasteiger partial charge in [0.1, 0.15) is 9.84 Å². The molecule has 0 rings (SSSR count). The summed E-state index contributed by atoms with van der Waals surface area (Å²) < 4.78 is 26.9. The van der Waals surface area contributed by atoms with Gasteiger partial charge < -0.3 is 10.1 Å². The Morgan fingerprint density at radius 3 is 2.43 bits per heavy atom. The fraction of sp³-hybridized carbons (Fsp3) is 1.00. The highest BCUT2D eigenvalue weighted by atomic mass is 32.2. The third kappa shape index (κ3) is 8.47. The molecule has 0 radical (unpaired) electrons. The Morgan fingerprint density at radius 1 is 1.36 bits per heavy atom. The largest absolute Gasteiger partial charge is 0.385 e. The number of sulfone groups is 1. The van der Waals surface area contributed by atoms with E-state index < -0.39 is 9.84 Å². The van der Waals surface area contributed by atoms with Gasteiger partial charge in [-0.3, -0.25) is 0 Å². The van der Waals surface area contributed by atoms with E-state index in [2.05, 4.69) is 5.32 Å². The highest BCUT2D eigenvalue weighted by Gasteiger charge is 2.10. The average Bonchev–Trinajstić information content (AvgIpc) is 2.08. The van der Waals surface area contributed by atoms with Crippen molar-refractivity contribution in [1.29, 1.82) is 0 Å². The molecule has 4 nitrogen and oxygen atoms in total. The Kier molecular flexibility index (Phi) is 7.13. The predicted molar refractivity (Wildman–Crippen MR) is 58.3 cm³/mol. The minimum absolute atomic E-state index is 0.244. The first-order valence-electron chi connectivity index (χ1n) is 4.89. The second-order valence-electron chi connectivity index (χ2n) is 3.45. The van der Waals surface area contributed by atoms with Crippen LogP contribution in [0.2, 0.25) is 0 Å². The van der Waals surface area contributed by atoms with Gasteiger partial charge in [0.2, 0.25) is 0 Å². The number of methoxy groups -OCH3 is 1. The monoisotopic (exact) mass is 223 g/mol. The van der Waals surface area contributed by atoms with Gasteiger partial charge in [0.25, 0.3) is 0 Å². The van der Waals surface area contributed by atoms with E-state index >= 15 is 0 Å². The van der Waals surface area contributed by atoms with Crippen molar-refractivity contribution in [3.05, 3.63) is 0 Å². The molecule has 0 fully saturated rings. The van der Waals surface area contributed by atoms with Crippen LogP contribution in [0.15, 0.2) is 0 Å². The average molecular weight is 223 g/mol. The van der Waals surface area contributed by atoms with Gasteiger partial charge in [0.05, 0.1) is 5.75 Å². The van der Waals surface area contributed by atoms with Crippen molar-refractivity contribution in [3.63, 3.8) is 0 Å². The normalized spacial score (nSPS) is 14.2. The summed E-state index contributed by atoms with van der Waals surface area (Å²) in [6.45, 7) is 3.54. The topological polar surface area (TPSA) is 55.4 Å². The van der Waals surface area contributed by atoms with Crippen molar-refractivity contribution in [1.82, 2.24) is 5.32 Å². The van der Waals surface area contributed by atoms with Crippen LogP contribution in [0, 0.1) is 0 Å². The first kappa shape index (κ1) is 13.9. The van der Waals surface area contributed by atoms with Crippen LogP contribution in [0.4, 0.5) is 0 Å². The smallest absolute Gasteiger partial charge is 0.147 e. The number of nitrogens with one attached hydrogen (secondary N) is 1. The maximum atomic E-state index is 11.0. The Bertz CT molecular complexity index is 226. The molecule has 0 aromatic carbocycles. The molecule has 0 heterocycles. The van der Waals surface area contributed by atoms with E-state index in [-0.39, 0.29) is 11.8 Å². The molecule has 0 saturated carbocycles. The second-order valence-corrected chi connectivity index (χ2v) is 5.71. The molecular weight excluding hydrogens is 202 g/mol. The fourth-order valence-corrected chi connectivity index (χ4v) is 1.97. The summed E-state index contributed by atoms with van der Waals surface area (Å²) in [6, 6.07) is 0.245. The van der Waals surface area contributed by atoms with Gasteiger partial charge in [-0.2, -0.15) is 0 Å². The highest BCUT2D eigenvalue weighted by molar-refractivity contribution is 7.90. The quantitative estimate of drug-likeness (QED) is 0.648. The summed E-state index contributed by atoms with van der Waals surface area (Å²) in [7, 11) is -1.19. The van der Waals surface area contributed by atoms with Crippen LogP contribution < -0.4 is 5.32 Å². The first-order valence-corrected chi connectivity index (χ1v) is 6.95. The van der Waals surface area contributed by atoms with Crippen LogP contribution in [0.1, 0.15) is 19.8 Å². The van der Waals surface area contributed by atoms with E-state index in [1.54, 1.807) is 7.11 Å². The molecule has 0 saturated heterocycles. The molecule has 0 amide bonds. The van der Waals surface area contributed by atoms with Crippen molar-refractivity contribution < 1.29 is 13.2 Å². The van der Waals surface area contributed by atoms with E-state index in [4.69, 9.17) is 4.74 Å². The number of ether oxygens (including phenoxy) is 1. The van der Waals surface area contributed by atoms with E-state index in [0.717, 1.165) is 13.0 Å². The zero-order valence-electron chi connectivity index (χ0n) is 9.25. The lowest BCUT2D eigenvalue weighted by atomic mass is 10.1. The van der Waals surface area contributed by atoms with Crippen LogP contribution >= 0.6 is 0 Å². The summed E-state index contributed by atoms with van der Waals surface area (Å²) in [5.41, 5.74) is 0. The third-order valence-electron chi connectivity index (χ3n) is 2.00. The maximum Gasteiger partial charge on any atom is 0.147 e. The van der Waals surface area contributed by atoms with E-state index in [9.17, 15) is 8.42 Å². The van der Waals surface area contributed by atoms with Gasteiger partial charge in [-0.05, 0) is 19.4 Å². The summed E-state index contributed by atoms with van der Waals surface area (Å²) in [6.07, 6.45) is 2.79. The Hall–Kier alpha value is -0.130. The molecule has 14 heavy (non-hydrogen) atoms. The van der Waals surface area contributed by atoms with Crippen LogP contribution in [-0.4, -0.2) is 46.7 Å². The molecular formula is C9H21NO3S. The lowest BCUT2D eigenvalue weighted by molar-refractivity contribution is 0.182. The van der Waals surface area contributed by atoms with Crippen molar-refractivity contribution in [3.8, 4) is 0 Å². The third-order valence-corrected chi connectivity index (χ3v) is 2.98. The van der Waals surface area contributed by atoms with Gasteiger partial charge in [-0.25, -0.2) is 8.42 Å². The van der Waals surface area contributed by atoms with Crippen molar-refractivity contribution in [2.45, 2.75) is 25.8 Å². The summed E-state index contributed by atoms with van der Waals surface area (Å²) >= 11 is 0. The molecule has 1 N–H and O–H groups in total. The number of hydrogen-bond acceptors (Lipinski definition) is 4. The number of rotatable bonds is 8. The molecule has 1 unspecified atom stereocenters. The van der Waals surface area contributed by atoms with Crippen LogP contribution in [0.25, 0.3) is 0 Å². The fourth-order valence-electron chi connectivity index (χ4n) is 1.25. The van der Waals surface area contributed by atoms with Crippen LogP contribution in [0.5, 0.6) is 0 Å². The van der Waals surface area contributed by atoms with E-state index in [0.29, 0.717) is 13.0 Å². The van der Waals surface area contributed by atoms with E-state index in [1.165, 1.54) is 6.26 Å². The summed E-state index contributed by atoms with van der Waals surface area (Å²) in [5.74, 6) is 0.244. The van der Waals surface area contributed by atoms with Gasteiger partial charge in [-0.1, -0.05) is 6.92 Å². The SMILES string of the molecule is CCNC(CCOC)CCS(C)(=O)=O. The zero-order chi connectivity index (χ0) is 11.0. The zero-order valence-corrected chi connectivity index (χ0v) is 10.1. The Morgan fingerprint density at radius 2 is 2.00 bits per heavy atom. The number of hydrogen-bond donors (Lipinski definition) is 1. The molecule has 0 aromatic heterocycles. The minimum atomic E-state index is -2.84. The first-order chi connectivity index (χ1) is 6.49. The van der Waals surface area contributed by atoms with Crippen molar-refractivity contribution >= 4 is 9.84 Å². The molecule has 0 aliphatic carbocycles. The molecule has 0 aromatic rings. The second kappa shape index (κ2) is 7.20. The van der Waals surface area contributed by atoms with Gasteiger partial charge >= 0.3 is 0 Å².